The molecular formula is C22H34N6O. The number of carbonyl (C=O) groups is 1. The minimum atomic E-state index is 0.168. The lowest BCUT2D eigenvalue weighted by Gasteiger charge is -2.56. The van der Waals surface area contributed by atoms with E-state index >= 15 is 0 Å². The van der Waals surface area contributed by atoms with Gasteiger partial charge in [0.1, 0.15) is 0 Å². The van der Waals surface area contributed by atoms with Gasteiger partial charge < -0.3 is 15.1 Å². The third-order valence-electron chi connectivity index (χ3n) is 7.59. The van der Waals surface area contributed by atoms with Crippen LogP contribution in [0.3, 0.4) is 0 Å². The van der Waals surface area contributed by atoms with Crippen molar-refractivity contribution in [3.63, 3.8) is 0 Å². The van der Waals surface area contributed by atoms with Gasteiger partial charge in [-0.15, -0.1) is 0 Å². The van der Waals surface area contributed by atoms with Crippen molar-refractivity contribution in [1.29, 1.82) is 0 Å². The van der Waals surface area contributed by atoms with Crippen LogP contribution in [0.25, 0.3) is 0 Å². The van der Waals surface area contributed by atoms with Crippen molar-refractivity contribution in [2.45, 2.75) is 64.3 Å². The van der Waals surface area contributed by atoms with Gasteiger partial charge in [0.2, 0.25) is 17.8 Å². The lowest BCUT2D eigenvalue weighted by atomic mass is 9.49. The van der Waals surface area contributed by atoms with Crippen LogP contribution in [-0.2, 0) is 11.3 Å². The van der Waals surface area contributed by atoms with Gasteiger partial charge in [-0.2, -0.15) is 15.0 Å². The third kappa shape index (κ3) is 3.92. The smallest absolute Gasteiger partial charge is 0.230 e. The van der Waals surface area contributed by atoms with Crippen molar-refractivity contribution in [3.8, 4) is 0 Å². The fourth-order valence-electron chi connectivity index (χ4n) is 6.82. The highest BCUT2D eigenvalue weighted by Crippen LogP contribution is 2.61. The minimum Gasteiger partial charge on any atom is -0.349 e. The Bertz CT molecular complexity index is 737. The average molecular weight is 399 g/mol. The second kappa shape index (κ2) is 7.40. The Kier molecular flexibility index (Phi) is 4.87. The first-order valence-corrected chi connectivity index (χ1v) is 11.4. The van der Waals surface area contributed by atoms with Crippen molar-refractivity contribution in [2.24, 2.45) is 23.2 Å². The van der Waals surface area contributed by atoms with E-state index in [0.29, 0.717) is 24.7 Å². The molecule has 158 valence electrons. The van der Waals surface area contributed by atoms with Crippen LogP contribution in [0.2, 0.25) is 0 Å². The Balaban J connectivity index is 1.24. The van der Waals surface area contributed by atoms with E-state index in [1.165, 1.54) is 51.4 Å². The Hall–Kier alpha value is -1.92. The summed E-state index contributed by atoms with van der Waals surface area (Å²) in [4.78, 5) is 30.8. The van der Waals surface area contributed by atoms with E-state index in [1.54, 1.807) is 0 Å². The Morgan fingerprint density at radius 1 is 1.03 bits per heavy atom. The number of carbonyl (C=O) groups excluding carboxylic acids is 1. The molecule has 4 bridgehead atoms. The molecule has 4 aliphatic carbocycles. The van der Waals surface area contributed by atoms with E-state index in [0.717, 1.165) is 36.8 Å². The number of rotatable bonds is 6. The first-order chi connectivity index (χ1) is 14.0. The van der Waals surface area contributed by atoms with E-state index in [4.69, 9.17) is 0 Å². The van der Waals surface area contributed by atoms with Gasteiger partial charge in [0.15, 0.2) is 5.82 Å². The molecule has 1 saturated heterocycles. The normalized spacial score (nSPS) is 32.6. The molecule has 29 heavy (non-hydrogen) atoms. The number of nitrogens with one attached hydrogen (secondary N) is 1. The van der Waals surface area contributed by atoms with Crippen LogP contribution < -0.4 is 15.1 Å². The van der Waals surface area contributed by atoms with Crippen LogP contribution in [0.5, 0.6) is 0 Å². The molecule has 1 aromatic heterocycles. The van der Waals surface area contributed by atoms with E-state index in [9.17, 15) is 4.79 Å². The molecule has 1 aromatic rings. The van der Waals surface area contributed by atoms with Crippen LogP contribution in [0, 0.1) is 23.2 Å². The summed E-state index contributed by atoms with van der Waals surface area (Å²) in [6, 6.07) is 0. The van der Waals surface area contributed by atoms with Crippen LogP contribution in [-0.4, -0.2) is 48.0 Å². The monoisotopic (exact) mass is 398 g/mol. The molecule has 0 radical (unpaired) electrons. The predicted octanol–water partition coefficient (Wildman–Crippen LogP) is 2.76. The van der Waals surface area contributed by atoms with Gasteiger partial charge in [-0.3, -0.25) is 4.79 Å². The topological polar surface area (TPSA) is 74.2 Å². The van der Waals surface area contributed by atoms with Crippen LogP contribution in [0.1, 0.15) is 63.6 Å². The van der Waals surface area contributed by atoms with E-state index in [-0.39, 0.29) is 11.3 Å². The van der Waals surface area contributed by atoms with Gasteiger partial charge in [0, 0.05) is 33.6 Å². The van der Waals surface area contributed by atoms with E-state index < -0.39 is 0 Å². The number of nitrogens with zero attached hydrogens (tertiary/aromatic N) is 5. The van der Waals surface area contributed by atoms with Gasteiger partial charge in [0.05, 0.1) is 6.54 Å². The summed E-state index contributed by atoms with van der Waals surface area (Å²) in [7, 11) is 3.89. The number of hydrogen-bond donors (Lipinski definition) is 1. The second-order valence-corrected chi connectivity index (χ2v) is 10.3. The largest absolute Gasteiger partial charge is 0.349 e. The molecule has 5 aliphatic rings. The zero-order valence-electron chi connectivity index (χ0n) is 17.9. The van der Waals surface area contributed by atoms with Crippen molar-refractivity contribution in [3.05, 3.63) is 5.82 Å². The highest BCUT2D eigenvalue weighted by molar-refractivity contribution is 5.76. The number of hydrogen-bond acceptors (Lipinski definition) is 6. The first kappa shape index (κ1) is 19.1. The molecular weight excluding hydrogens is 364 g/mol. The molecule has 4 saturated carbocycles. The van der Waals surface area contributed by atoms with Crippen LogP contribution >= 0.6 is 0 Å². The first-order valence-electron chi connectivity index (χ1n) is 11.4. The molecule has 5 fully saturated rings. The number of anilines is 2. The number of amides is 1. The Labute approximate surface area is 173 Å². The van der Waals surface area contributed by atoms with Crippen molar-refractivity contribution >= 4 is 17.8 Å². The molecule has 6 rings (SSSR count). The van der Waals surface area contributed by atoms with Crippen LogP contribution in [0.4, 0.5) is 11.9 Å². The Morgan fingerprint density at radius 3 is 2.24 bits per heavy atom. The summed E-state index contributed by atoms with van der Waals surface area (Å²) < 4.78 is 0. The summed E-state index contributed by atoms with van der Waals surface area (Å²) in [6.45, 7) is 2.37. The summed E-state index contributed by atoms with van der Waals surface area (Å²) in [5.41, 5.74) is 0.271. The van der Waals surface area contributed by atoms with Gasteiger partial charge >= 0.3 is 0 Å². The van der Waals surface area contributed by atoms with Crippen molar-refractivity contribution < 1.29 is 4.79 Å². The van der Waals surface area contributed by atoms with Gasteiger partial charge in [-0.1, -0.05) is 0 Å². The quantitative estimate of drug-likeness (QED) is 0.794. The number of aromatic nitrogens is 3. The standard InChI is InChI=1S/C22H34N6O/c1-27(2)20-24-18(25-21(26-20)28-5-3-4-6-28)14-23-19(29)13-22-10-15-7-16(11-22)9-17(8-15)12-22/h15-17H,3-14H2,1-2H3,(H,23,29). The van der Waals surface area contributed by atoms with Crippen molar-refractivity contribution in [2.75, 3.05) is 37.0 Å². The highest BCUT2D eigenvalue weighted by Gasteiger charge is 2.51. The zero-order chi connectivity index (χ0) is 20.0. The summed E-state index contributed by atoms with van der Waals surface area (Å²) in [5, 5.41) is 3.13. The molecule has 7 nitrogen and oxygen atoms in total. The van der Waals surface area contributed by atoms with E-state index in [2.05, 4.69) is 25.2 Å². The summed E-state index contributed by atoms with van der Waals surface area (Å²) in [5.74, 6) is 4.86. The maximum Gasteiger partial charge on any atom is 0.230 e. The molecule has 7 heteroatoms. The molecule has 2 heterocycles. The molecule has 0 spiro atoms. The molecule has 1 N–H and O–H groups in total. The van der Waals surface area contributed by atoms with Crippen molar-refractivity contribution in [1.82, 2.24) is 20.3 Å². The molecule has 0 atom stereocenters. The molecule has 0 aromatic carbocycles. The fourth-order valence-corrected chi connectivity index (χ4v) is 6.82. The van der Waals surface area contributed by atoms with Gasteiger partial charge in [-0.05, 0) is 74.5 Å². The van der Waals surface area contributed by atoms with Gasteiger partial charge in [0.25, 0.3) is 0 Å². The SMILES string of the molecule is CN(C)c1nc(CNC(=O)CC23CC4CC(CC(C4)C2)C3)nc(N2CCCC2)n1. The van der Waals surface area contributed by atoms with E-state index in [1.807, 2.05) is 19.0 Å². The van der Waals surface area contributed by atoms with Gasteiger partial charge in [-0.25, -0.2) is 0 Å². The van der Waals surface area contributed by atoms with Crippen LogP contribution in [0.15, 0.2) is 0 Å². The minimum absolute atomic E-state index is 0.168. The summed E-state index contributed by atoms with van der Waals surface area (Å²) in [6.07, 6.45) is 11.1. The Morgan fingerprint density at radius 2 is 1.66 bits per heavy atom. The highest BCUT2D eigenvalue weighted by atomic mass is 16.1. The molecule has 0 unspecified atom stereocenters. The molecule has 1 amide bonds. The summed E-state index contributed by atoms with van der Waals surface area (Å²) >= 11 is 0. The third-order valence-corrected chi connectivity index (χ3v) is 7.59. The lowest BCUT2D eigenvalue weighted by Crippen LogP contribution is -2.48. The second-order valence-electron chi connectivity index (χ2n) is 10.3. The lowest BCUT2D eigenvalue weighted by molar-refractivity contribution is -0.129. The average Bonchev–Trinajstić information content (AvgIpc) is 3.19. The maximum atomic E-state index is 12.9. The zero-order valence-corrected chi connectivity index (χ0v) is 17.9. The fraction of sp³-hybridized carbons (Fsp3) is 0.818. The molecule has 1 aliphatic heterocycles. The predicted molar refractivity (Wildman–Crippen MR) is 113 cm³/mol. The maximum absolute atomic E-state index is 12.9.